The maximum Gasteiger partial charge on any atom is 0.332 e. The van der Waals surface area contributed by atoms with Crippen molar-refractivity contribution in [1.29, 1.82) is 0 Å². The second kappa shape index (κ2) is 4.84. The Balaban J connectivity index is 2.45. The largest absolute Gasteiger partial charge is 0.338 e. The summed E-state index contributed by atoms with van der Waals surface area (Å²) >= 11 is 0. The number of hydrogen-bond donors (Lipinski definition) is 0. The monoisotopic (exact) mass is 185 g/mol. The first kappa shape index (κ1) is 10.0. The molecule has 0 spiro atoms. The third kappa shape index (κ3) is 3.05. The molecule has 1 fully saturated rings. The van der Waals surface area contributed by atoms with Crippen LogP contribution in [0.5, 0.6) is 0 Å². The van der Waals surface area contributed by atoms with Crippen molar-refractivity contribution in [2.24, 2.45) is 0 Å². The van der Waals surface area contributed by atoms with Crippen molar-refractivity contribution in [2.75, 3.05) is 6.54 Å². The van der Waals surface area contributed by atoms with E-state index < -0.39 is 0 Å². The van der Waals surface area contributed by atoms with E-state index in [1.54, 1.807) is 6.92 Å². The van der Waals surface area contributed by atoms with Gasteiger partial charge in [-0.1, -0.05) is 13.3 Å². The van der Waals surface area contributed by atoms with E-state index in [2.05, 4.69) is 0 Å². The van der Waals surface area contributed by atoms with Gasteiger partial charge in [0.1, 0.15) is 0 Å². The summed E-state index contributed by atoms with van der Waals surface area (Å²) < 4.78 is 0. The molecule has 0 unspecified atom stereocenters. The van der Waals surface area contributed by atoms with Crippen LogP contribution in [-0.4, -0.2) is 23.5 Å². The van der Waals surface area contributed by atoms with Crippen LogP contribution in [-0.2, 0) is 14.4 Å². The Bertz CT molecular complexity index is 203. The van der Waals surface area contributed by atoms with Crippen molar-refractivity contribution in [2.45, 2.75) is 39.0 Å². The first-order chi connectivity index (χ1) is 6.24. The highest BCUT2D eigenvalue weighted by Gasteiger charge is 2.19. The average molecular weight is 185 g/mol. The maximum atomic E-state index is 11.3. The van der Waals surface area contributed by atoms with E-state index in [4.69, 9.17) is 4.84 Å². The third-order valence-corrected chi connectivity index (χ3v) is 2.03. The zero-order valence-corrected chi connectivity index (χ0v) is 7.91. The Labute approximate surface area is 77.8 Å². The molecule has 1 aliphatic rings. The molecule has 1 saturated heterocycles. The van der Waals surface area contributed by atoms with E-state index in [1.165, 1.54) is 5.06 Å². The highest BCUT2D eigenvalue weighted by molar-refractivity contribution is 5.78. The highest BCUT2D eigenvalue weighted by Crippen LogP contribution is 2.11. The fourth-order valence-electron chi connectivity index (χ4n) is 1.24. The summed E-state index contributed by atoms with van der Waals surface area (Å²) in [4.78, 5) is 27.1. The first-order valence-electron chi connectivity index (χ1n) is 4.75. The number of rotatable bonds is 2. The molecule has 0 aromatic rings. The lowest BCUT2D eigenvalue weighted by Crippen LogP contribution is -2.32. The molecular formula is C9H15NO3. The molecule has 0 N–H and O–H groups in total. The van der Waals surface area contributed by atoms with Crippen LogP contribution in [0.25, 0.3) is 0 Å². The predicted molar refractivity (Wildman–Crippen MR) is 46.6 cm³/mol. The molecule has 0 aromatic heterocycles. The summed E-state index contributed by atoms with van der Waals surface area (Å²) in [6, 6.07) is 0. The number of nitrogens with zero attached hydrogens (tertiary/aromatic N) is 1. The molecule has 0 saturated carbocycles. The van der Waals surface area contributed by atoms with Gasteiger partial charge in [0.05, 0.1) is 6.54 Å². The summed E-state index contributed by atoms with van der Waals surface area (Å²) in [6.07, 6.45) is 3.66. The average Bonchev–Trinajstić information content (AvgIpc) is 2.32. The third-order valence-electron chi connectivity index (χ3n) is 2.03. The molecule has 1 heterocycles. The zero-order chi connectivity index (χ0) is 9.68. The van der Waals surface area contributed by atoms with Gasteiger partial charge in [0.15, 0.2) is 0 Å². The minimum Gasteiger partial charge on any atom is -0.338 e. The van der Waals surface area contributed by atoms with Gasteiger partial charge in [-0.25, -0.2) is 4.79 Å². The van der Waals surface area contributed by atoms with Gasteiger partial charge in [-0.2, -0.15) is 5.06 Å². The smallest absolute Gasteiger partial charge is 0.332 e. The van der Waals surface area contributed by atoms with Crippen molar-refractivity contribution in [3.8, 4) is 0 Å². The Kier molecular flexibility index (Phi) is 3.73. The van der Waals surface area contributed by atoms with Crippen LogP contribution in [0.15, 0.2) is 0 Å². The van der Waals surface area contributed by atoms with E-state index in [1.807, 2.05) is 0 Å². The van der Waals surface area contributed by atoms with Crippen molar-refractivity contribution >= 4 is 11.9 Å². The Morgan fingerprint density at radius 2 is 2.23 bits per heavy atom. The summed E-state index contributed by atoms with van der Waals surface area (Å²) in [5, 5.41) is 1.21. The number of carbonyl (C=O) groups excluding carboxylic acids is 2. The van der Waals surface area contributed by atoms with Gasteiger partial charge in [-0.05, 0) is 12.8 Å². The van der Waals surface area contributed by atoms with Crippen LogP contribution < -0.4 is 0 Å². The van der Waals surface area contributed by atoms with Crippen LogP contribution in [0.4, 0.5) is 0 Å². The van der Waals surface area contributed by atoms with Gasteiger partial charge >= 0.3 is 5.97 Å². The SMILES string of the molecule is CCC(=O)ON1CCCCCC1=O. The molecule has 1 amide bonds. The molecular weight excluding hydrogens is 170 g/mol. The van der Waals surface area contributed by atoms with Gasteiger partial charge in [0.25, 0.3) is 5.91 Å². The van der Waals surface area contributed by atoms with Crippen LogP contribution >= 0.6 is 0 Å². The molecule has 1 rings (SSSR count). The van der Waals surface area contributed by atoms with E-state index in [-0.39, 0.29) is 11.9 Å². The minimum absolute atomic E-state index is 0.0701. The molecule has 74 valence electrons. The number of carbonyl (C=O) groups is 2. The highest BCUT2D eigenvalue weighted by atomic mass is 16.7. The molecule has 13 heavy (non-hydrogen) atoms. The second-order valence-electron chi connectivity index (χ2n) is 3.12. The van der Waals surface area contributed by atoms with Crippen molar-refractivity contribution in [3.05, 3.63) is 0 Å². The van der Waals surface area contributed by atoms with Gasteiger partial charge in [0, 0.05) is 12.8 Å². The Morgan fingerprint density at radius 3 is 2.92 bits per heavy atom. The van der Waals surface area contributed by atoms with Crippen LogP contribution in [0.1, 0.15) is 39.0 Å². The van der Waals surface area contributed by atoms with E-state index in [0.717, 1.165) is 19.3 Å². The lowest BCUT2D eigenvalue weighted by atomic mass is 10.2. The summed E-state index contributed by atoms with van der Waals surface area (Å²) in [5.41, 5.74) is 0. The number of hydroxylamine groups is 2. The fraction of sp³-hybridized carbons (Fsp3) is 0.778. The standard InChI is InChI=1S/C9H15NO3/c1-2-9(12)13-10-7-5-3-4-6-8(10)11/h2-7H2,1H3. The molecule has 4 heteroatoms. The quantitative estimate of drug-likeness (QED) is 0.650. The summed E-state index contributed by atoms with van der Waals surface area (Å²) in [7, 11) is 0. The maximum absolute atomic E-state index is 11.3. The van der Waals surface area contributed by atoms with Crippen LogP contribution in [0.3, 0.4) is 0 Å². The van der Waals surface area contributed by atoms with E-state index >= 15 is 0 Å². The molecule has 4 nitrogen and oxygen atoms in total. The lowest BCUT2D eigenvalue weighted by molar-refractivity contribution is -0.197. The van der Waals surface area contributed by atoms with Crippen molar-refractivity contribution in [1.82, 2.24) is 5.06 Å². The van der Waals surface area contributed by atoms with Crippen molar-refractivity contribution < 1.29 is 14.4 Å². The molecule has 1 aliphatic heterocycles. The van der Waals surface area contributed by atoms with Crippen molar-refractivity contribution in [3.63, 3.8) is 0 Å². The lowest BCUT2D eigenvalue weighted by Gasteiger charge is -2.18. The van der Waals surface area contributed by atoms with Gasteiger partial charge < -0.3 is 4.84 Å². The zero-order valence-electron chi connectivity index (χ0n) is 7.91. The number of hydrogen-bond acceptors (Lipinski definition) is 3. The van der Waals surface area contributed by atoms with Crippen LogP contribution in [0.2, 0.25) is 0 Å². The Hall–Kier alpha value is -1.06. The van der Waals surface area contributed by atoms with Gasteiger partial charge in [-0.3, -0.25) is 4.79 Å². The molecule has 0 aromatic carbocycles. The predicted octanol–water partition coefficient (Wildman–Crippen LogP) is 1.26. The molecule has 0 bridgehead atoms. The molecule has 0 radical (unpaired) electrons. The number of amides is 1. The van der Waals surface area contributed by atoms with E-state index in [0.29, 0.717) is 19.4 Å². The van der Waals surface area contributed by atoms with Gasteiger partial charge in [-0.15, -0.1) is 0 Å². The molecule has 0 atom stereocenters. The topological polar surface area (TPSA) is 46.6 Å². The van der Waals surface area contributed by atoms with Crippen LogP contribution in [0, 0.1) is 0 Å². The normalized spacial score (nSPS) is 18.2. The van der Waals surface area contributed by atoms with Gasteiger partial charge in [0.2, 0.25) is 0 Å². The van der Waals surface area contributed by atoms with E-state index in [9.17, 15) is 9.59 Å². The summed E-state index contributed by atoms with van der Waals surface area (Å²) in [5.74, 6) is -0.408. The Morgan fingerprint density at radius 1 is 1.46 bits per heavy atom. The first-order valence-corrected chi connectivity index (χ1v) is 4.75. The fourth-order valence-corrected chi connectivity index (χ4v) is 1.24. The minimum atomic E-state index is -0.338. The second-order valence-corrected chi connectivity index (χ2v) is 3.12. The summed E-state index contributed by atoms with van der Waals surface area (Å²) in [6.45, 7) is 2.26. The molecule has 0 aliphatic carbocycles.